The average molecular weight is 383 g/mol. The Morgan fingerprint density at radius 1 is 1.07 bits per heavy atom. The molecule has 1 unspecified atom stereocenters. The highest BCUT2D eigenvalue weighted by Gasteiger charge is 2.23. The fraction of sp³-hybridized carbons (Fsp3) is 0.273. The second kappa shape index (κ2) is 7.57. The van der Waals surface area contributed by atoms with Gasteiger partial charge in [0.25, 0.3) is 5.56 Å². The van der Waals surface area contributed by atoms with E-state index >= 15 is 0 Å². The van der Waals surface area contributed by atoms with Crippen LogP contribution < -0.4 is 10.9 Å². The lowest BCUT2D eigenvalue weighted by Crippen LogP contribution is -2.33. The molecule has 0 aliphatic rings. The van der Waals surface area contributed by atoms with E-state index < -0.39 is 6.04 Å². The predicted molar refractivity (Wildman–Crippen MR) is 112 cm³/mol. The molecule has 1 N–H and O–H groups in total. The first-order chi connectivity index (χ1) is 12.8. The summed E-state index contributed by atoms with van der Waals surface area (Å²) in [5, 5.41) is 4.51. The summed E-state index contributed by atoms with van der Waals surface area (Å²) in [6.45, 7) is 7.86. The second-order valence-electron chi connectivity index (χ2n) is 6.93. The fourth-order valence-corrected chi connectivity index (χ4v) is 3.70. The van der Waals surface area contributed by atoms with Crippen molar-refractivity contribution in [2.75, 3.05) is 5.32 Å². The molecule has 0 saturated heterocycles. The van der Waals surface area contributed by atoms with E-state index in [0.29, 0.717) is 17.1 Å². The number of carbonyl (C=O) groups excluding carboxylic acids is 1. The van der Waals surface area contributed by atoms with Gasteiger partial charge in [-0.25, -0.2) is 0 Å². The van der Waals surface area contributed by atoms with Crippen LogP contribution in [0.15, 0.2) is 47.3 Å². The van der Waals surface area contributed by atoms with Crippen LogP contribution in [0.3, 0.4) is 0 Å². The molecule has 1 amide bonds. The van der Waals surface area contributed by atoms with Crippen LogP contribution in [-0.4, -0.2) is 10.5 Å². The molecule has 0 aliphatic heterocycles. The summed E-state index contributed by atoms with van der Waals surface area (Å²) in [5.41, 5.74) is 4.36. The highest BCUT2D eigenvalue weighted by molar-refractivity contribution is 6.30. The van der Waals surface area contributed by atoms with Gasteiger partial charge in [0.05, 0.1) is 5.52 Å². The van der Waals surface area contributed by atoms with Crippen LogP contribution in [-0.2, 0) is 4.79 Å². The molecule has 1 heterocycles. The molecule has 0 saturated carbocycles. The van der Waals surface area contributed by atoms with E-state index in [1.165, 1.54) is 0 Å². The lowest BCUT2D eigenvalue weighted by atomic mass is 10.0. The number of nitrogens with one attached hydrogen (secondary N) is 1. The van der Waals surface area contributed by atoms with Crippen LogP contribution >= 0.6 is 11.6 Å². The minimum atomic E-state index is -0.599. The predicted octanol–water partition coefficient (Wildman–Crippen LogP) is 5.17. The van der Waals surface area contributed by atoms with Gasteiger partial charge >= 0.3 is 0 Å². The topological polar surface area (TPSA) is 51.1 Å². The van der Waals surface area contributed by atoms with Crippen LogP contribution in [0, 0.1) is 20.8 Å². The molecular weight excluding hydrogens is 360 g/mol. The van der Waals surface area contributed by atoms with Crippen molar-refractivity contribution in [1.82, 2.24) is 4.57 Å². The summed E-state index contributed by atoms with van der Waals surface area (Å²) in [6.07, 6.45) is 0.505. The Bertz CT molecular complexity index is 1070. The number of pyridine rings is 1. The van der Waals surface area contributed by atoms with Gasteiger partial charge < -0.3 is 5.32 Å². The Kier molecular flexibility index (Phi) is 5.38. The zero-order valence-corrected chi connectivity index (χ0v) is 16.7. The molecule has 0 fully saturated rings. The van der Waals surface area contributed by atoms with Crippen molar-refractivity contribution in [1.29, 1.82) is 0 Å². The third-order valence-electron chi connectivity index (χ3n) is 4.80. The van der Waals surface area contributed by atoms with Crippen LogP contribution in [0.4, 0.5) is 5.69 Å². The Morgan fingerprint density at radius 3 is 2.37 bits per heavy atom. The zero-order valence-electron chi connectivity index (χ0n) is 16.0. The van der Waals surface area contributed by atoms with Crippen LogP contribution in [0.5, 0.6) is 0 Å². The number of hydrogen-bond donors (Lipinski definition) is 1. The molecule has 27 heavy (non-hydrogen) atoms. The maximum Gasteiger partial charge on any atom is 0.252 e. The molecule has 0 bridgehead atoms. The number of amides is 1. The summed E-state index contributed by atoms with van der Waals surface area (Å²) in [4.78, 5) is 25.8. The maximum atomic E-state index is 13.0. The fourth-order valence-electron chi connectivity index (χ4n) is 3.58. The standard InChI is InChI=1S/C22H23ClN2O2/c1-5-19(22(27)24-17-8-6-16(23)7-9-17)25-20(26)12-14(3)18-11-13(2)10-15(4)21(18)25/h6-12,19H,5H2,1-4H3,(H,24,27). The van der Waals surface area contributed by atoms with Crippen molar-refractivity contribution < 1.29 is 4.79 Å². The summed E-state index contributed by atoms with van der Waals surface area (Å²) in [6, 6.07) is 12.1. The van der Waals surface area contributed by atoms with Gasteiger partial charge in [-0.1, -0.05) is 30.2 Å². The number of carbonyl (C=O) groups is 1. The maximum absolute atomic E-state index is 13.0. The summed E-state index contributed by atoms with van der Waals surface area (Å²) in [7, 11) is 0. The largest absolute Gasteiger partial charge is 0.324 e. The first-order valence-corrected chi connectivity index (χ1v) is 9.39. The first kappa shape index (κ1) is 19.2. The number of anilines is 1. The lowest BCUT2D eigenvalue weighted by Gasteiger charge is -2.22. The summed E-state index contributed by atoms with van der Waals surface area (Å²) >= 11 is 5.91. The minimum absolute atomic E-state index is 0.162. The van der Waals surface area contributed by atoms with Gasteiger partial charge in [-0.05, 0) is 68.7 Å². The Morgan fingerprint density at radius 2 is 1.74 bits per heavy atom. The van der Waals surface area contributed by atoms with E-state index in [1.807, 2.05) is 33.8 Å². The van der Waals surface area contributed by atoms with Gasteiger partial charge in [-0.15, -0.1) is 0 Å². The lowest BCUT2D eigenvalue weighted by molar-refractivity contribution is -0.119. The van der Waals surface area contributed by atoms with Gasteiger partial charge in [-0.2, -0.15) is 0 Å². The summed E-state index contributed by atoms with van der Waals surface area (Å²) < 4.78 is 1.63. The Hall–Kier alpha value is -2.59. The number of aromatic nitrogens is 1. The van der Waals surface area contributed by atoms with Gasteiger partial charge in [0.2, 0.25) is 5.91 Å². The van der Waals surface area contributed by atoms with Crippen molar-refractivity contribution in [2.45, 2.75) is 40.2 Å². The smallest absolute Gasteiger partial charge is 0.252 e. The van der Waals surface area contributed by atoms with Crippen LogP contribution in [0.1, 0.15) is 36.1 Å². The quantitative estimate of drug-likeness (QED) is 0.676. The van der Waals surface area contributed by atoms with Crippen LogP contribution in [0.2, 0.25) is 5.02 Å². The molecule has 5 heteroatoms. The number of rotatable bonds is 4. The highest BCUT2D eigenvalue weighted by Crippen LogP contribution is 2.26. The third kappa shape index (κ3) is 3.76. The first-order valence-electron chi connectivity index (χ1n) is 9.01. The zero-order chi connectivity index (χ0) is 19.7. The Balaban J connectivity index is 2.12. The number of halogens is 1. The van der Waals surface area contributed by atoms with Crippen molar-refractivity contribution in [2.24, 2.45) is 0 Å². The van der Waals surface area contributed by atoms with E-state index in [1.54, 1.807) is 34.9 Å². The Labute approximate surface area is 163 Å². The molecule has 0 spiro atoms. The molecule has 4 nitrogen and oxygen atoms in total. The molecular formula is C22H23ClN2O2. The van der Waals surface area contributed by atoms with Gasteiger partial charge in [0, 0.05) is 22.2 Å². The van der Waals surface area contributed by atoms with Crippen LogP contribution in [0.25, 0.3) is 10.9 Å². The monoisotopic (exact) mass is 382 g/mol. The molecule has 2 aromatic carbocycles. The summed E-state index contributed by atoms with van der Waals surface area (Å²) in [5.74, 6) is -0.216. The molecule has 3 rings (SSSR count). The van der Waals surface area contributed by atoms with E-state index in [0.717, 1.165) is 27.6 Å². The molecule has 140 valence electrons. The van der Waals surface area contributed by atoms with E-state index in [4.69, 9.17) is 11.6 Å². The molecule has 3 aromatic rings. The molecule has 0 aliphatic carbocycles. The van der Waals surface area contributed by atoms with Crippen molar-refractivity contribution in [3.63, 3.8) is 0 Å². The molecule has 1 atom stereocenters. The minimum Gasteiger partial charge on any atom is -0.324 e. The molecule has 0 radical (unpaired) electrons. The molecule has 1 aromatic heterocycles. The van der Waals surface area contributed by atoms with Crippen molar-refractivity contribution >= 4 is 34.1 Å². The number of benzene rings is 2. The second-order valence-corrected chi connectivity index (χ2v) is 7.37. The van der Waals surface area contributed by atoms with Gasteiger partial charge in [0.15, 0.2) is 0 Å². The highest BCUT2D eigenvalue weighted by atomic mass is 35.5. The normalized spacial score (nSPS) is 12.2. The number of hydrogen-bond acceptors (Lipinski definition) is 2. The van der Waals surface area contributed by atoms with E-state index in [2.05, 4.69) is 11.4 Å². The number of aryl methyl sites for hydroxylation is 3. The van der Waals surface area contributed by atoms with Gasteiger partial charge in [-0.3, -0.25) is 14.2 Å². The van der Waals surface area contributed by atoms with Crippen molar-refractivity contribution in [3.05, 3.63) is 74.5 Å². The average Bonchev–Trinajstić information content (AvgIpc) is 2.60. The third-order valence-corrected chi connectivity index (χ3v) is 5.05. The number of fused-ring (bicyclic) bond motifs is 1. The van der Waals surface area contributed by atoms with Crippen molar-refractivity contribution in [3.8, 4) is 0 Å². The van der Waals surface area contributed by atoms with E-state index in [9.17, 15) is 9.59 Å². The number of nitrogens with zero attached hydrogens (tertiary/aromatic N) is 1. The SMILES string of the molecule is CCC(C(=O)Nc1ccc(Cl)cc1)n1c(=O)cc(C)c2cc(C)cc(C)c21. The van der Waals surface area contributed by atoms with E-state index in [-0.39, 0.29) is 11.5 Å². The van der Waals surface area contributed by atoms with Gasteiger partial charge in [0.1, 0.15) is 6.04 Å².